The maximum Gasteiger partial charge on any atom is 0.288 e. The van der Waals surface area contributed by atoms with Crippen molar-refractivity contribution in [3.63, 3.8) is 0 Å². The first-order valence-corrected chi connectivity index (χ1v) is 8.02. The number of sulfonamides is 1. The van der Waals surface area contributed by atoms with Crippen LogP contribution in [0.3, 0.4) is 0 Å². The van der Waals surface area contributed by atoms with Crippen molar-refractivity contribution in [3.8, 4) is 0 Å². The molecule has 19 heavy (non-hydrogen) atoms. The molecular formula is C10H15ClN4O3S. The van der Waals surface area contributed by atoms with Gasteiger partial charge >= 0.3 is 0 Å². The maximum atomic E-state index is 11.7. The number of hydrogen-bond acceptors (Lipinski definition) is 5. The van der Waals surface area contributed by atoms with Crippen LogP contribution in [0.2, 0.25) is 0 Å². The second-order valence-corrected chi connectivity index (χ2v) is 6.95. The minimum Gasteiger partial charge on any atom is -0.369 e. The first-order chi connectivity index (χ1) is 8.95. The van der Waals surface area contributed by atoms with Gasteiger partial charge in [-0.05, 0) is 6.92 Å². The van der Waals surface area contributed by atoms with Crippen LogP contribution in [0, 0.1) is 0 Å². The van der Waals surface area contributed by atoms with Gasteiger partial charge in [0.2, 0.25) is 10.0 Å². The molecule has 0 aliphatic carbocycles. The van der Waals surface area contributed by atoms with Crippen LogP contribution in [0.15, 0.2) is 22.1 Å². The molecule has 9 heteroatoms. The van der Waals surface area contributed by atoms with Crippen molar-refractivity contribution in [3.05, 3.63) is 11.9 Å². The van der Waals surface area contributed by atoms with Crippen molar-refractivity contribution in [2.45, 2.75) is 12.3 Å². The summed E-state index contributed by atoms with van der Waals surface area (Å²) in [4.78, 5) is 13.2. The van der Waals surface area contributed by atoms with Crippen molar-refractivity contribution in [2.75, 3.05) is 31.9 Å². The minimum absolute atomic E-state index is 0.0977. The number of hydrogen-bond donors (Lipinski definition) is 0. The topological polar surface area (TPSA) is 82.4 Å². The Balaban J connectivity index is 2.03. The van der Waals surface area contributed by atoms with Gasteiger partial charge in [-0.15, -0.1) is 16.7 Å². The predicted molar refractivity (Wildman–Crippen MR) is 70.2 cm³/mol. The molecule has 0 spiro atoms. The molecule has 2 heterocycles. The van der Waals surface area contributed by atoms with E-state index >= 15 is 0 Å². The van der Waals surface area contributed by atoms with Crippen LogP contribution in [-0.2, 0) is 14.8 Å². The number of rotatable bonds is 3. The first kappa shape index (κ1) is 14.4. The Labute approximate surface area is 117 Å². The van der Waals surface area contributed by atoms with Gasteiger partial charge in [-0.1, -0.05) is 0 Å². The van der Waals surface area contributed by atoms with E-state index in [0.29, 0.717) is 31.9 Å². The van der Waals surface area contributed by atoms with E-state index in [0.717, 1.165) is 0 Å². The largest absolute Gasteiger partial charge is 0.369 e. The molecule has 0 bridgehead atoms. The standard InChI is InChI=1S/C10H15ClN4O3S/c1-2-19(17,18)15-5-3-14(4-6-15)8-7-12-13-10(16)9(8)11/h7,9H,2-6H2,1H3. The van der Waals surface area contributed by atoms with Crippen LogP contribution in [0.25, 0.3) is 0 Å². The van der Waals surface area contributed by atoms with E-state index < -0.39 is 21.3 Å². The molecule has 1 amide bonds. The fraction of sp³-hybridized carbons (Fsp3) is 0.700. The van der Waals surface area contributed by atoms with Gasteiger partial charge in [-0.25, -0.2) is 8.42 Å². The summed E-state index contributed by atoms with van der Waals surface area (Å²) < 4.78 is 24.9. The quantitative estimate of drug-likeness (QED) is 0.706. The highest BCUT2D eigenvalue weighted by Crippen LogP contribution is 2.22. The van der Waals surface area contributed by atoms with E-state index in [-0.39, 0.29) is 5.75 Å². The van der Waals surface area contributed by atoms with Gasteiger partial charge in [-0.2, -0.15) is 9.42 Å². The third-order valence-corrected chi connectivity index (χ3v) is 5.48. The van der Waals surface area contributed by atoms with E-state index in [1.807, 2.05) is 4.90 Å². The van der Waals surface area contributed by atoms with Gasteiger partial charge in [0.15, 0.2) is 5.38 Å². The molecule has 0 aromatic rings. The zero-order valence-electron chi connectivity index (χ0n) is 10.5. The molecule has 2 aliphatic heterocycles. The van der Waals surface area contributed by atoms with E-state index in [2.05, 4.69) is 10.2 Å². The fourth-order valence-electron chi connectivity index (χ4n) is 2.04. The lowest BCUT2D eigenvalue weighted by Gasteiger charge is -2.37. The Morgan fingerprint density at radius 2 is 2.00 bits per heavy atom. The Morgan fingerprint density at radius 1 is 1.37 bits per heavy atom. The lowest BCUT2D eigenvalue weighted by Crippen LogP contribution is -2.50. The van der Waals surface area contributed by atoms with Crippen LogP contribution in [0.4, 0.5) is 0 Å². The molecule has 2 rings (SSSR count). The third-order valence-electron chi connectivity index (χ3n) is 3.18. The van der Waals surface area contributed by atoms with Crippen LogP contribution < -0.4 is 0 Å². The molecule has 0 aromatic heterocycles. The zero-order chi connectivity index (χ0) is 14.0. The van der Waals surface area contributed by atoms with E-state index in [9.17, 15) is 13.2 Å². The lowest BCUT2D eigenvalue weighted by molar-refractivity contribution is -0.117. The molecule has 1 fully saturated rings. The minimum atomic E-state index is -3.15. The molecule has 7 nitrogen and oxygen atoms in total. The van der Waals surface area contributed by atoms with Crippen LogP contribution in [0.5, 0.6) is 0 Å². The van der Waals surface area contributed by atoms with Crippen LogP contribution in [0.1, 0.15) is 6.92 Å². The van der Waals surface area contributed by atoms with E-state index in [4.69, 9.17) is 11.6 Å². The number of azo groups is 1. The summed E-state index contributed by atoms with van der Waals surface area (Å²) in [6.45, 7) is 3.40. The first-order valence-electron chi connectivity index (χ1n) is 5.97. The van der Waals surface area contributed by atoms with Crippen LogP contribution in [-0.4, -0.2) is 60.8 Å². The summed E-state index contributed by atoms with van der Waals surface area (Å²) in [6.07, 6.45) is 1.46. The summed E-state index contributed by atoms with van der Waals surface area (Å²) in [7, 11) is -3.15. The molecule has 1 saturated heterocycles. The predicted octanol–water partition coefficient (Wildman–Crippen LogP) is 0.395. The molecule has 106 valence electrons. The molecule has 1 unspecified atom stereocenters. The number of alkyl halides is 1. The Bertz CT molecular complexity index is 523. The van der Waals surface area contributed by atoms with Gasteiger partial charge in [0.25, 0.3) is 5.91 Å². The van der Waals surface area contributed by atoms with Crippen molar-refractivity contribution < 1.29 is 13.2 Å². The smallest absolute Gasteiger partial charge is 0.288 e. The summed E-state index contributed by atoms with van der Waals surface area (Å²) in [6, 6.07) is 0. The van der Waals surface area contributed by atoms with Gasteiger partial charge in [0.1, 0.15) is 0 Å². The number of piperazine rings is 1. The second kappa shape index (κ2) is 5.56. The van der Waals surface area contributed by atoms with E-state index in [1.165, 1.54) is 10.5 Å². The average molecular weight is 307 g/mol. The summed E-state index contributed by atoms with van der Waals surface area (Å²) in [5, 5.41) is 6.15. The van der Waals surface area contributed by atoms with Crippen molar-refractivity contribution in [1.29, 1.82) is 0 Å². The Kier molecular flexibility index (Phi) is 4.22. The number of carbonyl (C=O) groups is 1. The van der Waals surface area contributed by atoms with Gasteiger partial charge in [0.05, 0.1) is 17.6 Å². The Morgan fingerprint density at radius 3 is 2.58 bits per heavy atom. The lowest BCUT2D eigenvalue weighted by atomic mass is 10.2. The highest BCUT2D eigenvalue weighted by molar-refractivity contribution is 7.89. The summed E-state index contributed by atoms with van der Waals surface area (Å²) >= 11 is 5.97. The number of halogens is 1. The monoisotopic (exact) mass is 306 g/mol. The molecule has 0 radical (unpaired) electrons. The number of nitrogens with zero attached hydrogens (tertiary/aromatic N) is 4. The molecule has 2 aliphatic rings. The SMILES string of the molecule is CCS(=O)(=O)N1CCN(C2=CN=NC(=O)C2Cl)CC1. The highest BCUT2D eigenvalue weighted by Gasteiger charge is 2.31. The zero-order valence-corrected chi connectivity index (χ0v) is 12.1. The van der Waals surface area contributed by atoms with Gasteiger partial charge < -0.3 is 4.90 Å². The molecule has 0 aromatic carbocycles. The molecular weight excluding hydrogens is 292 g/mol. The highest BCUT2D eigenvalue weighted by atomic mass is 35.5. The Hall–Kier alpha value is -0.990. The van der Waals surface area contributed by atoms with Gasteiger partial charge in [0, 0.05) is 26.2 Å². The number of carbonyl (C=O) groups excluding carboxylic acids is 1. The van der Waals surface area contributed by atoms with E-state index in [1.54, 1.807) is 6.92 Å². The second-order valence-electron chi connectivity index (χ2n) is 4.26. The number of amides is 1. The molecule has 0 saturated carbocycles. The average Bonchev–Trinajstić information content (AvgIpc) is 2.42. The third kappa shape index (κ3) is 2.96. The normalized spacial score (nSPS) is 25.6. The van der Waals surface area contributed by atoms with Crippen molar-refractivity contribution >= 4 is 27.5 Å². The summed E-state index contributed by atoms with van der Waals surface area (Å²) in [5.41, 5.74) is 0.593. The molecule has 1 atom stereocenters. The fourth-order valence-corrected chi connectivity index (χ4v) is 3.36. The van der Waals surface area contributed by atoms with Crippen LogP contribution >= 0.6 is 11.6 Å². The molecule has 0 N–H and O–H groups in total. The summed E-state index contributed by atoms with van der Waals surface area (Å²) in [5.74, 6) is -0.386. The maximum absolute atomic E-state index is 11.7. The van der Waals surface area contributed by atoms with Gasteiger partial charge in [-0.3, -0.25) is 4.79 Å². The van der Waals surface area contributed by atoms with Crippen molar-refractivity contribution in [1.82, 2.24) is 9.21 Å². The van der Waals surface area contributed by atoms with Crippen molar-refractivity contribution in [2.24, 2.45) is 10.2 Å².